The molecule has 1 aromatic rings. The molecule has 1 fully saturated rings. The molecule has 1 aliphatic heterocycles. The third-order valence-electron chi connectivity index (χ3n) is 4.20. The fraction of sp³-hybridized carbons (Fsp3) is 0.667. The number of nitrogens with zero attached hydrogens (tertiary/aromatic N) is 2. The van der Waals surface area contributed by atoms with Gasteiger partial charge >= 0.3 is 0 Å². The van der Waals surface area contributed by atoms with E-state index in [1.54, 1.807) is 18.3 Å². The lowest BCUT2D eigenvalue weighted by molar-refractivity contribution is -0.130. The van der Waals surface area contributed by atoms with Crippen LogP contribution in [0.1, 0.15) is 36.8 Å². The van der Waals surface area contributed by atoms with Crippen LogP contribution in [-0.2, 0) is 4.79 Å². The van der Waals surface area contributed by atoms with Crippen LogP contribution in [0.15, 0.2) is 11.4 Å². The lowest BCUT2D eigenvalue weighted by atomic mass is 10.00. The Morgan fingerprint density at radius 1 is 1.40 bits per heavy atom. The zero-order valence-electron chi connectivity index (χ0n) is 12.6. The van der Waals surface area contributed by atoms with Gasteiger partial charge in [-0.1, -0.05) is 6.92 Å². The van der Waals surface area contributed by atoms with Crippen LogP contribution in [0.3, 0.4) is 0 Å². The summed E-state index contributed by atoms with van der Waals surface area (Å²) in [6.45, 7) is 9.40. The quantitative estimate of drug-likeness (QED) is 0.924. The maximum Gasteiger partial charge on any atom is 0.219 e. The van der Waals surface area contributed by atoms with Gasteiger partial charge in [0.05, 0.1) is 6.04 Å². The van der Waals surface area contributed by atoms with E-state index in [0.29, 0.717) is 0 Å². The van der Waals surface area contributed by atoms with E-state index in [4.69, 9.17) is 5.73 Å². The summed E-state index contributed by atoms with van der Waals surface area (Å²) in [5.74, 6) is 0.174. The summed E-state index contributed by atoms with van der Waals surface area (Å²) in [4.78, 5) is 17.2. The van der Waals surface area contributed by atoms with Crippen molar-refractivity contribution < 1.29 is 4.79 Å². The molecule has 2 rings (SSSR count). The second-order valence-electron chi connectivity index (χ2n) is 5.53. The van der Waals surface area contributed by atoms with Crippen molar-refractivity contribution in [3.05, 3.63) is 21.9 Å². The number of amides is 1. The minimum atomic E-state index is 0.149. The van der Waals surface area contributed by atoms with Crippen molar-refractivity contribution in [1.29, 1.82) is 0 Å². The molecule has 0 spiro atoms. The van der Waals surface area contributed by atoms with Crippen LogP contribution in [0, 0.1) is 6.92 Å². The molecule has 2 heterocycles. The van der Waals surface area contributed by atoms with Gasteiger partial charge in [0.15, 0.2) is 0 Å². The fourth-order valence-corrected chi connectivity index (χ4v) is 3.99. The van der Waals surface area contributed by atoms with Crippen LogP contribution in [0.5, 0.6) is 0 Å². The number of carbonyl (C=O) groups is 1. The Hall–Kier alpha value is -0.910. The molecule has 1 aliphatic rings. The Kier molecular flexibility index (Phi) is 5.18. The lowest BCUT2D eigenvalue weighted by Gasteiger charge is -2.41. The van der Waals surface area contributed by atoms with Crippen molar-refractivity contribution >= 4 is 17.2 Å². The highest BCUT2D eigenvalue weighted by molar-refractivity contribution is 7.10. The van der Waals surface area contributed by atoms with E-state index >= 15 is 0 Å². The fourth-order valence-electron chi connectivity index (χ4n) is 2.86. The van der Waals surface area contributed by atoms with Crippen molar-refractivity contribution in [3.63, 3.8) is 0 Å². The Balaban J connectivity index is 2.13. The summed E-state index contributed by atoms with van der Waals surface area (Å²) in [6.07, 6.45) is 0.967. The Bertz CT molecular complexity index is 452. The van der Waals surface area contributed by atoms with E-state index in [1.807, 2.05) is 4.90 Å². The van der Waals surface area contributed by atoms with Crippen LogP contribution < -0.4 is 5.73 Å². The molecule has 0 bridgehead atoms. The average Bonchev–Trinajstić information content (AvgIpc) is 2.85. The summed E-state index contributed by atoms with van der Waals surface area (Å²) >= 11 is 1.80. The Labute approximate surface area is 125 Å². The highest BCUT2D eigenvalue weighted by Crippen LogP contribution is 2.32. The molecule has 20 heavy (non-hydrogen) atoms. The van der Waals surface area contributed by atoms with Gasteiger partial charge < -0.3 is 10.6 Å². The standard InChI is InChI=1S/C15H25N3OS/c1-4-13(16)14(15-11(2)5-10-20-15)18-8-6-17(7-9-18)12(3)19/h5,10,13-14H,4,6-9,16H2,1-3H3. The SMILES string of the molecule is CCC(N)C(c1sccc1C)N1CCN(C(C)=O)CC1. The van der Waals surface area contributed by atoms with Gasteiger partial charge in [-0.25, -0.2) is 0 Å². The topological polar surface area (TPSA) is 49.6 Å². The second-order valence-corrected chi connectivity index (χ2v) is 6.47. The average molecular weight is 295 g/mol. The van der Waals surface area contributed by atoms with Crippen molar-refractivity contribution in [2.24, 2.45) is 5.73 Å². The van der Waals surface area contributed by atoms with Gasteiger partial charge in [0.2, 0.25) is 5.91 Å². The van der Waals surface area contributed by atoms with E-state index in [1.165, 1.54) is 10.4 Å². The van der Waals surface area contributed by atoms with Gasteiger partial charge in [-0.15, -0.1) is 11.3 Å². The Morgan fingerprint density at radius 2 is 2.05 bits per heavy atom. The largest absolute Gasteiger partial charge is 0.340 e. The molecule has 4 nitrogen and oxygen atoms in total. The number of piperazine rings is 1. The maximum atomic E-state index is 11.4. The summed E-state index contributed by atoms with van der Waals surface area (Å²) in [6, 6.07) is 2.60. The molecule has 2 N–H and O–H groups in total. The van der Waals surface area contributed by atoms with E-state index < -0.39 is 0 Å². The minimum absolute atomic E-state index is 0.149. The van der Waals surface area contributed by atoms with E-state index in [-0.39, 0.29) is 18.0 Å². The van der Waals surface area contributed by atoms with Gasteiger partial charge in [0.1, 0.15) is 0 Å². The molecule has 2 atom stereocenters. The summed E-state index contributed by atoms with van der Waals surface area (Å²) in [7, 11) is 0. The number of nitrogens with two attached hydrogens (primary N) is 1. The van der Waals surface area contributed by atoms with Crippen LogP contribution in [0.2, 0.25) is 0 Å². The number of carbonyl (C=O) groups excluding carboxylic acids is 1. The van der Waals surface area contributed by atoms with Crippen LogP contribution in [0.25, 0.3) is 0 Å². The van der Waals surface area contributed by atoms with Crippen molar-refractivity contribution in [1.82, 2.24) is 9.80 Å². The summed E-state index contributed by atoms with van der Waals surface area (Å²) in [5, 5.41) is 2.14. The zero-order chi connectivity index (χ0) is 14.7. The van der Waals surface area contributed by atoms with Crippen molar-refractivity contribution in [2.75, 3.05) is 26.2 Å². The smallest absolute Gasteiger partial charge is 0.219 e. The predicted octanol–water partition coefficient (Wildman–Crippen LogP) is 2.00. The molecule has 0 saturated carbocycles. The number of rotatable bonds is 4. The summed E-state index contributed by atoms with van der Waals surface area (Å²) in [5.41, 5.74) is 7.72. The van der Waals surface area contributed by atoms with Gasteiger partial charge in [-0.3, -0.25) is 9.69 Å². The maximum absolute atomic E-state index is 11.4. The molecule has 1 aromatic heterocycles. The lowest BCUT2D eigenvalue weighted by Crippen LogP contribution is -2.52. The molecule has 1 saturated heterocycles. The number of aryl methyl sites for hydroxylation is 1. The molecule has 1 amide bonds. The zero-order valence-corrected chi connectivity index (χ0v) is 13.4. The molecule has 2 unspecified atom stereocenters. The Morgan fingerprint density at radius 3 is 2.50 bits per heavy atom. The van der Waals surface area contributed by atoms with Gasteiger partial charge in [-0.2, -0.15) is 0 Å². The highest BCUT2D eigenvalue weighted by atomic mass is 32.1. The second kappa shape index (κ2) is 6.70. The monoisotopic (exact) mass is 295 g/mol. The molecule has 0 aromatic carbocycles. The number of hydrogen-bond acceptors (Lipinski definition) is 4. The number of hydrogen-bond donors (Lipinski definition) is 1. The van der Waals surface area contributed by atoms with Crippen LogP contribution >= 0.6 is 11.3 Å². The van der Waals surface area contributed by atoms with Gasteiger partial charge in [0.25, 0.3) is 0 Å². The van der Waals surface area contributed by atoms with E-state index in [0.717, 1.165) is 32.6 Å². The summed E-state index contributed by atoms with van der Waals surface area (Å²) < 4.78 is 0. The predicted molar refractivity (Wildman–Crippen MR) is 83.9 cm³/mol. The first-order valence-electron chi connectivity index (χ1n) is 7.33. The van der Waals surface area contributed by atoms with Crippen molar-refractivity contribution in [2.45, 2.75) is 39.3 Å². The van der Waals surface area contributed by atoms with Crippen LogP contribution in [-0.4, -0.2) is 47.9 Å². The molecular weight excluding hydrogens is 270 g/mol. The minimum Gasteiger partial charge on any atom is -0.340 e. The van der Waals surface area contributed by atoms with Gasteiger partial charge in [0, 0.05) is 44.0 Å². The number of thiophene rings is 1. The molecule has 0 radical (unpaired) electrons. The first-order valence-corrected chi connectivity index (χ1v) is 8.21. The highest BCUT2D eigenvalue weighted by Gasteiger charge is 2.30. The first-order chi connectivity index (χ1) is 9.54. The van der Waals surface area contributed by atoms with Gasteiger partial charge in [-0.05, 0) is 30.4 Å². The third-order valence-corrected chi connectivity index (χ3v) is 5.29. The van der Waals surface area contributed by atoms with E-state index in [2.05, 4.69) is 30.2 Å². The molecule has 0 aliphatic carbocycles. The third kappa shape index (κ3) is 3.22. The molecule has 5 heteroatoms. The van der Waals surface area contributed by atoms with Crippen LogP contribution in [0.4, 0.5) is 0 Å². The molecule has 112 valence electrons. The van der Waals surface area contributed by atoms with E-state index in [9.17, 15) is 4.79 Å². The molecular formula is C15H25N3OS. The first kappa shape index (κ1) is 15.5. The normalized spacial score (nSPS) is 19.9. The van der Waals surface area contributed by atoms with Crippen molar-refractivity contribution in [3.8, 4) is 0 Å².